The average Bonchev–Trinajstić information content (AvgIpc) is 2.36. The lowest BCUT2D eigenvalue weighted by molar-refractivity contribution is 0.614. The lowest BCUT2D eigenvalue weighted by Gasteiger charge is -2.09. The van der Waals surface area contributed by atoms with Crippen LogP contribution in [0.3, 0.4) is 0 Å². The fourth-order valence-corrected chi connectivity index (χ4v) is 3.43. The molecule has 0 spiro atoms. The number of hydrogen-bond acceptors (Lipinski definition) is 2. The SMILES string of the molecule is Cc1c(N)cccc1S(=O)Cc1ccc(Br)cc1F. The molecule has 0 fully saturated rings. The van der Waals surface area contributed by atoms with Crippen LogP contribution in [-0.4, -0.2) is 4.21 Å². The molecule has 5 heteroatoms. The van der Waals surface area contributed by atoms with E-state index in [2.05, 4.69) is 15.9 Å². The van der Waals surface area contributed by atoms with Crippen LogP contribution in [0.2, 0.25) is 0 Å². The quantitative estimate of drug-likeness (QED) is 0.863. The molecule has 2 aromatic rings. The number of benzene rings is 2. The lowest BCUT2D eigenvalue weighted by Crippen LogP contribution is -2.02. The van der Waals surface area contributed by atoms with Crippen LogP contribution in [0.25, 0.3) is 0 Å². The van der Waals surface area contributed by atoms with Crippen molar-refractivity contribution in [3.63, 3.8) is 0 Å². The van der Waals surface area contributed by atoms with Crippen molar-refractivity contribution in [2.75, 3.05) is 5.73 Å². The molecule has 1 unspecified atom stereocenters. The van der Waals surface area contributed by atoms with E-state index in [0.29, 0.717) is 20.6 Å². The van der Waals surface area contributed by atoms with Crippen LogP contribution >= 0.6 is 15.9 Å². The van der Waals surface area contributed by atoms with Gasteiger partial charge in [-0.05, 0) is 36.8 Å². The van der Waals surface area contributed by atoms with E-state index in [1.807, 2.05) is 6.92 Å². The predicted octanol–water partition coefficient (Wildman–Crippen LogP) is 3.79. The topological polar surface area (TPSA) is 43.1 Å². The van der Waals surface area contributed by atoms with Crippen LogP contribution in [0.5, 0.6) is 0 Å². The van der Waals surface area contributed by atoms with E-state index in [1.54, 1.807) is 30.3 Å². The largest absolute Gasteiger partial charge is 0.398 e. The summed E-state index contributed by atoms with van der Waals surface area (Å²) in [5, 5.41) is 0. The Hall–Kier alpha value is -1.20. The third-order valence-electron chi connectivity index (χ3n) is 2.87. The first-order valence-electron chi connectivity index (χ1n) is 5.66. The van der Waals surface area contributed by atoms with Gasteiger partial charge in [-0.25, -0.2) is 4.39 Å². The minimum absolute atomic E-state index is 0.142. The molecule has 0 aliphatic rings. The second kappa shape index (κ2) is 5.84. The maximum atomic E-state index is 13.7. The summed E-state index contributed by atoms with van der Waals surface area (Å²) in [6.07, 6.45) is 0. The minimum atomic E-state index is -1.31. The van der Waals surface area contributed by atoms with Gasteiger partial charge in [0.15, 0.2) is 0 Å². The van der Waals surface area contributed by atoms with Crippen molar-refractivity contribution in [1.82, 2.24) is 0 Å². The number of halogens is 2. The lowest BCUT2D eigenvalue weighted by atomic mass is 10.2. The van der Waals surface area contributed by atoms with E-state index in [-0.39, 0.29) is 11.6 Å². The number of nitrogen functional groups attached to an aromatic ring is 1. The van der Waals surface area contributed by atoms with Gasteiger partial charge >= 0.3 is 0 Å². The van der Waals surface area contributed by atoms with E-state index < -0.39 is 10.8 Å². The van der Waals surface area contributed by atoms with E-state index >= 15 is 0 Å². The van der Waals surface area contributed by atoms with Crippen molar-refractivity contribution in [1.29, 1.82) is 0 Å². The first-order chi connectivity index (χ1) is 8.99. The molecule has 2 N–H and O–H groups in total. The first-order valence-corrected chi connectivity index (χ1v) is 7.77. The maximum absolute atomic E-state index is 13.7. The van der Waals surface area contributed by atoms with Gasteiger partial charge in [-0.15, -0.1) is 0 Å². The van der Waals surface area contributed by atoms with E-state index in [1.165, 1.54) is 6.07 Å². The summed E-state index contributed by atoms with van der Waals surface area (Å²) in [4.78, 5) is 0.655. The number of hydrogen-bond donors (Lipinski definition) is 1. The third kappa shape index (κ3) is 3.22. The molecule has 1 atom stereocenters. The summed E-state index contributed by atoms with van der Waals surface area (Å²) in [5.74, 6) is -0.215. The zero-order chi connectivity index (χ0) is 14.0. The molecular weight excluding hydrogens is 329 g/mol. The summed E-state index contributed by atoms with van der Waals surface area (Å²) in [6, 6.07) is 10.0. The zero-order valence-corrected chi connectivity index (χ0v) is 12.7. The highest BCUT2D eigenvalue weighted by Gasteiger charge is 2.12. The second-order valence-electron chi connectivity index (χ2n) is 4.20. The Morgan fingerprint density at radius 2 is 2.05 bits per heavy atom. The van der Waals surface area contributed by atoms with Gasteiger partial charge in [-0.2, -0.15) is 0 Å². The fraction of sp³-hybridized carbons (Fsp3) is 0.143. The molecule has 0 heterocycles. The second-order valence-corrected chi connectivity index (χ2v) is 6.53. The molecule has 0 amide bonds. The molecule has 0 aliphatic carbocycles. The highest BCUT2D eigenvalue weighted by atomic mass is 79.9. The molecule has 0 bridgehead atoms. The van der Waals surface area contributed by atoms with E-state index in [9.17, 15) is 8.60 Å². The van der Waals surface area contributed by atoms with Crippen LogP contribution in [0, 0.1) is 12.7 Å². The first kappa shape index (κ1) is 14.2. The minimum Gasteiger partial charge on any atom is -0.398 e. The Balaban J connectivity index is 2.28. The standard InChI is InChI=1S/C14H13BrFNOS/c1-9-13(17)3-2-4-14(9)19(18)8-10-5-6-11(15)7-12(10)16/h2-7H,8,17H2,1H3. The summed E-state index contributed by atoms with van der Waals surface area (Å²) < 4.78 is 26.7. The van der Waals surface area contributed by atoms with Crippen LogP contribution in [-0.2, 0) is 16.6 Å². The number of rotatable bonds is 3. The van der Waals surface area contributed by atoms with Crippen molar-refractivity contribution < 1.29 is 8.60 Å². The number of nitrogens with two attached hydrogens (primary N) is 1. The molecule has 0 radical (unpaired) electrons. The molecule has 2 nitrogen and oxygen atoms in total. The van der Waals surface area contributed by atoms with Crippen LogP contribution in [0.4, 0.5) is 10.1 Å². The normalized spacial score (nSPS) is 12.4. The van der Waals surface area contributed by atoms with Crippen molar-refractivity contribution in [3.8, 4) is 0 Å². The highest BCUT2D eigenvalue weighted by Crippen LogP contribution is 2.23. The van der Waals surface area contributed by atoms with Gasteiger partial charge in [0.25, 0.3) is 0 Å². The third-order valence-corrected chi connectivity index (χ3v) is 4.87. The zero-order valence-electron chi connectivity index (χ0n) is 10.3. The van der Waals surface area contributed by atoms with Gasteiger partial charge in [0.1, 0.15) is 5.82 Å². The summed E-state index contributed by atoms with van der Waals surface area (Å²) in [6.45, 7) is 1.82. The summed E-state index contributed by atoms with van der Waals surface area (Å²) in [7, 11) is -1.31. The van der Waals surface area contributed by atoms with Gasteiger partial charge in [-0.3, -0.25) is 4.21 Å². The van der Waals surface area contributed by atoms with Crippen molar-refractivity contribution in [3.05, 3.63) is 57.8 Å². The average molecular weight is 342 g/mol. The van der Waals surface area contributed by atoms with Gasteiger partial charge < -0.3 is 5.73 Å². The molecule has 19 heavy (non-hydrogen) atoms. The van der Waals surface area contributed by atoms with Gasteiger partial charge in [-0.1, -0.05) is 28.1 Å². The van der Waals surface area contributed by atoms with E-state index in [4.69, 9.17) is 5.73 Å². The Labute approximate surface area is 122 Å². The Morgan fingerprint density at radius 1 is 1.32 bits per heavy atom. The van der Waals surface area contributed by atoms with Crippen LogP contribution in [0.1, 0.15) is 11.1 Å². The van der Waals surface area contributed by atoms with Gasteiger partial charge in [0.05, 0.1) is 16.6 Å². The van der Waals surface area contributed by atoms with Crippen LogP contribution < -0.4 is 5.73 Å². The molecule has 0 aliphatic heterocycles. The predicted molar refractivity (Wildman–Crippen MR) is 79.8 cm³/mol. The Bertz CT molecular complexity index is 645. The number of anilines is 1. The Morgan fingerprint density at radius 3 is 2.74 bits per heavy atom. The van der Waals surface area contributed by atoms with E-state index in [0.717, 1.165) is 5.56 Å². The van der Waals surface area contributed by atoms with Crippen molar-refractivity contribution >= 4 is 32.4 Å². The summed E-state index contributed by atoms with van der Waals surface area (Å²) >= 11 is 3.20. The molecule has 0 saturated heterocycles. The summed E-state index contributed by atoms with van der Waals surface area (Å²) in [5.41, 5.74) is 7.61. The van der Waals surface area contributed by atoms with Crippen molar-refractivity contribution in [2.45, 2.75) is 17.6 Å². The smallest absolute Gasteiger partial charge is 0.128 e. The molecule has 100 valence electrons. The molecular formula is C14H13BrFNOS. The highest BCUT2D eigenvalue weighted by molar-refractivity contribution is 9.10. The van der Waals surface area contributed by atoms with Crippen molar-refractivity contribution in [2.24, 2.45) is 0 Å². The molecule has 0 saturated carbocycles. The molecule has 2 aromatic carbocycles. The maximum Gasteiger partial charge on any atom is 0.128 e. The molecule has 2 rings (SSSR count). The van der Waals surface area contributed by atoms with Crippen LogP contribution in [0.15, 0.2) is 45.8 Å². The van der Waals surface area contributed by atoms with Gasteiger partial charge in [0.2, 0.25) is 0 Å². The van der Waals surface area contributed by atoms with Gasteiger partial charge in [0, 0.05) is 20.6 Å². The molecule has 0 aromatic heterocycles. The monoisotopic (exact) mass is 341 g/mol. The Kier molecular flexibility index (Phi) is 4.37. The fourth-order valence-electron chi connectivity index (χ4n) is 1.74.